The highest BCUT2D eigenvalue weighted by molar-refractivity contribution is 5.92. The van der Waals surface area contributed by atoms with Gasteiger partial charge in [-0.2, -0.15) is 0 Å². The Morgan fingerprint density at radius 3 is 2.08 bits per heavy atom. The van der Waals surface area contributed by atoms with Crippen LogP contribution in [0.2, 0.25) is 0 Å². The number of nitrogens with one attached hydrogen (secondary N) is 3. The summed E-state index contributed by atoms with van der Waals surface area (Å²) in [6.07, 6.45) is 1.95. The third kappa shape index (κ3) is 7.21. The van der Waals surface area contributed by atoms with Crippen LogP contribution in [0.1, 0.15) is 40.5 Å². The van der Waals surface area contributed by atoms with E-state index in [9.17, 15) is 18.8 Å². The lowest BCUT2D eigenvalue weighted by molar-refractivity contribution is -0.142. The number of rotatable bonds is 10. The molecule has 0 rings (SSSR count). The van der Waals surface area contributed by atoms with Crippen LogP contribution < -0.4 is 16.1 Å². The smallest absolute Gasteiger partial charge is 0.247 e. The van der Waals surface area contributed by atoms with Crippen LogP contribution in [0.3, 0.4) is 0 Å². The van der Waals surface area contributed by atoms with Gasteiger partial charge in [-0.15, -0.1) is 6.58 Å². The first-order valence-corrected chi connectivity index (χ1v) is 8.25. The molecule has 0 aliphatic rings. The molecule has 0 aromatic rings. The molecule has 3 amide bonds. The number of halogens is 1. The van der Waals surface area contributed by atoms with Crippen molar-refractivity contribution < 1.29 is 24.0 Å². The summed E-state index contributed by atoms with van der Waals surface area (Å²) < 4.78 is 14.3. The first-order valence-electron chi connectivity index (χ1n) is 8.25. The van der Waals surface area contributed by atoms with Crippen molar-refractivity contribution in [1.29, 1.82) is 0 Å². The van der Waals surface area contributed by atoms with Crippen molar-refractivity contribution in [2.45, 2.75) is 52.2 Å². The fourth-order valence-electron chi connectivity index (χ4n) is 2.62. The molecule has 0 saturated carbocycles. The zero-order valence-corrected chi connectivity index (χ0v) is 15.6. The minimum Gasteiger partial charge on any atom is -0.357 e. The van der Waals surface area contributed by atoms with E-state index in [2.05, 4.69) is 17.2 Å². The van der Waals surface area contributed by atoms with E-state index in [1.165, 1.54) is 27.0 Å². The molecule has 3 unspecified atom stereocenters. The number of likely N-dealkylation sites (N-methyl/N-ethyl adjacent to an activating group) is 1. The van der Waals surface area contributed by atoms with E-state index in [1.54, 1.807) is 5.48 Å². The van der Waals surface area contributed by atoms with E-state index >= 15 is 0 Å². The fraction of sp³-hybridized carbons (Fsp3) is 0.706. The van der Waals surface area contributed by atoms with Crippen molar-refractivity contribution in [3.8, 4) is 0 Å². The van der Waals surface area contributed by atoms with Crippen molar-refractivity contribution in [2.24, 2.45) is 17.8 Å². The van der Waals surface area contributed by atoms with Gasteiger partial charge in [0.15, 0.2) is 0 Å². The van der Waals surface area contributed by atoms with Crippen LogP contribution in [0.15, 0.2) is 12.7 Å². The maximum atomic E-state index is 14.3. The average molecular weight is 359 g/mol. The molecule has 25 heavy (non-hydrogen) atoms. The van der Waals surface area contributed by atoms with Gasteiger partial charge in [-0.3, -0.25) is 19.6 Å². The second-order valence-electron chi connectivity index (χ2n) is 6.96. The van der Waals surface area contributed by atoms with Crippen molar-refractivity contribution >= 4 is 17.7 Å². The van der Waals surface area contributed by atoms with E-state index in [0.29, 0.717) is 6.42 Å². The highest BCUT2D eigenvalue weighted by Crippen LogP contribution is 2.26. The molecule has 7 nitrogen and oxygen atoms in total. The lowest BCUT2D eigenvalue weighted by Gasteiger charge is -2.31. The molecule has 8 heteroatoms. The molecule has 0 radical (unpaired) electrons. The van der Waals surface area contributed by atoms with Crippen LogP contribution in [0.4, 0.5) is 4.39 Å². The molecule has 4 N–H and O–H groups in total. The molecule has 0 aromatic heterocycles. The van der Waals surface area contributed by atoms with Gasteiger partial charge < -0.3 is 10.6 Å². The molecular formula is C17H30FN3O4. The normalized spacial score (nSPS) is 15.0. The van der Waals surface area contributed by atoms with E-state index < -0.39 is 41.3 Å². The summed E-state index contributed by atoms with van der Waals surface area (Å²) >= 11 is 0. The van der Waals surface area contributed by atoms with E-state index in [4.69, 9.17) is 5.21 Å². The standard InChI is InChI=1S/C17H30FN3O4/c1-7-8-11(15(23)21-25)12(9-10(2)3)14(22)20-13(16(24)19-6)17(4,5)18/h7,10-13,25H,1,8-9H2,2-6H3,(H,19,24)(H,20,22)(H,21,23). The lowest BCUT2D eigenvalue weighted by Crippen LogP contribution is -2.57. The molecule has 0 aromatic carbocycles. The van der Waals surface area contributed by atoms with E-state index in [-0.39, 0.29) is 12.3 Å². The third-order valence-corrected chi connectivity index (χ3v) is 3.90. The van der Waals surface area contributed by atoms with Gasteiger partial charge in [0.2, 0.25) is 17.7 Å². The summed E-state index contributed by atoms with van der Waals surface area (Å²) in [5, 5.41) is 13.7. The minimum absolute atomic E-state index is 0.0615. The summed E-state index contributed by atoms with van der Waals surface area (Å²) in [5.74, 6) is -3.68. The van der Waals surface area contributed by atoms with Gasteiger partial charge in [0.05, 0.1) is 11.8 Å². The Labute approximate surface area is 148 Å². The predicted octanol–water partition coefficient (Wildman–Crippen LogP) is 1.33. The van der Waals surface area contributed by atoms with Gasteiger partial charge in [-0.05, 0) is 32.6 Å². The summed E-state index contributed by atoms with van der Waals surface area (Å²) in [6.45, 7) is 9.68. The lowest BCUT2D eigenvalue weighted by atomic mass is 9.81. The summed E-state index contributed by atoms with van der Waals surface area (Å²) in [5.41, 5.74) is -0.439. The van der Waals surface area contributed by atoms with Crippen LogP contribution >= 0.6 is 0 Å². The Morgan fingerprint density at radius 2 is 1.72 bits per heavy atom. The molecule has 3 atom stereocenters. The zero-order chi connectivity index (χ0) is 19.8. The van der Waals surface area contributed by atoms with Crippen LogP contribution in [-0.2, 0) is 14.4 Å². The third-order valence-electron chi connectivity index (χ3n) is 3.90. The SMILES string of the molecule is C=CCC(C(=O)NO)C(CC(C)C)C(=O)NC(C(=O)NC)C(C)(C)F. The molecule has 0 heterocycles. The van der Waals surface area contributed by atoms with Crippen molar-refractivity contribution in [2.75, 3.05) is 7.05 Å². The number of amides is 3. The molecule has 0 saturated heterocycles. The molecule has 144 valence electrons. The van der Waals surface area contributed by atoms with Gasteiger partial charge in [0.25, 0.3) is 0 Å². The molecule has 0 aliphatic carbocycles. The summed E-state index contributed by atoms with van der Waals surface area (Å²) in [7, 11) is 1.35. The second-order valence-corrected chi connectivity index (χ2v) is 6.96. The summed E-state index contributed by atoms with van der Waals surface area (Å²) in [4.78, 5) is 36.6. The fourth-order valence-corrected chi connectivity index (χ4v) is 2.62. The first kappa shape index (κ1) is 23.0. The van der Waals surface area contributed by atoms with Gasteiger partial charge in [-0.1, -0.05) is 19.9 Å². The molecular weight excluding hydrogens is 329 g/mol. The number of carbonyl (C=O) groups excluding carboxylic acids is 3. The molecule has 0 bridgehead atoms. The van der Waals surface area contributed by atoms with Crippen LogP contribution in [0.5, 0.6) is 0 Å². The number of alkyl halides is 1. The Morgan fingerprint density at radius 1 is 1.16 bits per heavy atom. The maximum absolute atomic E-state index is 14.3. The predicted molar refractivity (Wildman–Crippen MR) is 92.4 cm³/mol. The highest BCUT2D eigenvalue weighted by atomic mass is 19.1. The van der Waals surface area contributed by atoms with Gasteiger partial charge in [-0.25, -0.2) is 9.87 Å². The highest BCUT2D eigenvalue weighted by Gasteiger charge is 2.40. The Kier molecular flexibility index (Phi) is 9.33. The number of hydroxylamine groups is 1. The van der Waals surface area contributed by atoms with Crippen molar-refractivity contribution in [3.63, 3.8) is 0 Å². The Balaban J connectivity index is 5.63. The number of hydrogen-bond donors (Lipinski definition) is 4. The van der Waals surface area contributed by atoms with Crippen molar-refractivity contribution in [3.05, 3.63) is 12.7 Å². The van der Waals surface area contributed by atoms with Crippen LogP contribution in [-0.4, -0.2) is 41.7 Å². The van der Waals surface area contributed by atoms with Crippen molar-refractivity contribution in [1.82, 2.24) is 16.1 Å². The zero-order valence-electron chi connectivity index (χ0n) is 15.6. The number of carbonyl (C=O) groups is 3. The first-order chi connectivity index (χ1) is 11.5. The van der Waals surface area contributed by atoms with Crippen LogP contribution in [0.25, 0.3) is 0 Å². The molecule has 0 aliphatic heterocycles. The topological polar surface area (TPSA) is 108 Å². The number of allylic oxidation sites excluding steroid dienone is 1. The largest absolute Gasteiger partial charge is 0.357 e. The van der Waals surface area contributed by atoms with E-state index in [0.717, 1.165) is 0 Å². The maximum Gasteiger partial charge on any atom is 0.247 e. The number of hydrogen-bond acceptors (Lipinski definition) is 4. The molecule has 0 spiro atoms. The quantitative estimate of drug-likeness (QED) is 0.268. The monoisotopic (exact) mass is 359 g/mol. The van der Waals surface area contributed by atoms with Crippen LogP contribution in [0, 0.1) is 17.8 Å². The second kappa shape index (κ2) is 10.1. The minimum atomic E-state index is -1.99. The average Bonchev–Trinajstić information content (AvgIpc) is 2.52. The Bertz CT molecular complexity index is 489. The molecule has 0 fully saturated rings. The Hall–Kier alpha value is -1.96. The van der Waals surface area contributed by atoms with E-state index in [1.807, 2.05) is 13.8 Å². The summed E-state index contributed by atoms with van der Waals surface area (Å²) in [6, 6.07) is -1.40. The van der Waals surface area contributed by atoms with Gasteiger partial charge >= 0.3 is 0 Å². The van der Waals surface area contributed by atoms with Gasteiger partial charge in [0.1, 0.15) is 11.7 Å². The van der Waals surface area contributed by atoms with Gasteiger partial charge in [0, 0.05) is 7.05 Å².